The summed E-state index contributed by atoms with van der Waals surface area (Å²) >= 11 is 3.44. The maximum absolute atomic E-state index is 12.3. The van der Waals surface area contributed by atoms with Gasteiger partial charge in [0.1, 0.15) is 0 Å². The molecule has 0 atom stereocenters. The Bertz CT molecular complexity index is 413. The summed E-state index contributed by atoms with van der Waals surface area (Å²) in [6.07, 6.45) is 6.54. The van der Waals surface area contributed by atoms with Crippen LogP contribution in [0.15, 0.2) is 28.7 Å². The molecule has 98 valence electrons. The summed E-state index contributed by atoms with van der Waals surface area (Å²) in [7, 11) is 1.91. The van der Waals surface area contributed by atoms with E-state index in [0.29, 0.717) is 5.92 Å². The van der Waals surface area contributed by atoms with Crippen LogP contribution in [0.4, 0.5) is 0 Å². The molecular formula is C15H20BrNO. The van der Waals surface area contributed by atoms with Crippen molar-refractivity contribution in [3.63, 3.8) is 0 Å². The Morgan fingerprint density at radius 3 is 2.61 bits per heavy atom. The number of nitrogens with zero attached hydrogens (tertiary/aromatic N) is 1. The lowest BCUT2D eigenvalue weighted by Crippen LogP contribution is -2.32. The van der Waals surface area contributed by atoms with E-state index < -0.39 is 0 Å². The largest absolute Gasteiger partial charge is 0.341 e. The van der Waals surface area contributed by atoms with Gasteiger partial charge in [-0.1, -0.05) is 31.4 Å². The minimum atomic E-state index is 0.119. The van der Waals surface area contributed by atoms with Crippen molar-refractivity contribution in [1.29, 1.82) is 0 Å². The first-order chi connectivity index (χ1) is 8.68. The maximum atomic E-state index is 12.3. The van der Waals surface area contributed by atoms with Crippen LogP contribution in [0.25, 0.3) is 0 Å². The van der Waals surface area contributed by atoms with Gasteiger partial charge in [0.05, 0.1) is 5.56 Å². The van der Waals surface area contributed by atoms with Gasteiger partial charge >= 0.3 is 0 Å². The Labute approximate surface area is 117 Å². The van der Waals surface area contributed by atoms with Crippen LogP contribution >= 0.6 is 15.9 Å². The van der Waals surface area contributed by atoms with Crippen molar-refractivity contribution in [1.82, 2.24) is 4.90 Å². The molecule has 0 N–H and O–H groups in total. The monoisotopic (exact) mass is 309 g/mol. The molecule has 2 rings (SSSR count). The van der Waals surface area contributed by atoms with Gasteiger partial charge < -0.3 is 4.90 Å². The molecular weight excluding hydrogens is 290 g/mol. The molecule has 1 aromatic carbocycles. The number of amides is 1. The quantitative estimate of drug-likeness (QED) is 0.823. The highest BCUT2D eigenvalue weighted by molar-refractivity contribution is 9.10. The Morgan fingerprint density at radius 1 is 1.28 bits per heavy atom. The van der Waals surface area contributed by atoms with Gasteiger partial charge in [-0.25, -0.2) is 0 Å². The first-order valence-corrected chi connectivity index (χ1v) is 7.48. The van der Waals surface area contributed by atoms with E-state index in [4.69, 9.17) is 0 Å². The predicted molar refractivity (Wildman–Crippen MR) is 77.7 cm³/mol. The van der Waals surface area contributed by atoms with E-state index in [-0.39, 0.29) is 5.91 Å². The van der Waals surface area contributed by atoms with Gasteiger partial charge in [-0.2, -0.15) is 0 Å². The molecule has 0 aliphatic heterocycles. The summed E-state index contributed by atoms with van der Waals surface area (Å²) < 4.78 is 0.880. The van der Waals surface area contributed by atoms with Crippen molar-refractivity contribution in [3.05, 3.63) is 34.3 Å². The second-order valence-corrected chi connectivity index (χ2v) is 6.02. The van der Waals surface area contributed by atoms with Crippen LogP contribution in [0.2, 0.25) is 0 Å². The second kappa shape index (κ2) is 6.37. The Morgan fingerprint density at radius 2 is 1.94 bits per heavy atom. The minimum Gasteiger partial charge on any atom is -0.341 e. The molecule has 0 aromatic heterocycles. The zero-order valence-electron chi connectivity index (χ0n) is 10.9. The van der Waals surface area contributed by atoms with Gasteiger partial charge in [0.2, 0.25) is 0 Å². The van der Waals surface area contributed by atoms with Crippen molar-refractivity contribution in [3.8, 4) is 0 Å². The number of carbonyl (C=O) groups excluding carboxylic acids is 1. The highest BCUT2D eigenvalue weighted by atomic mass is 79.9. The standard InChI is InChI=1S/C15H20BrNO/c1-17(11-12-7-3-2-4-8-12)15(18)13-9-5-6-10-14(13)16/h5-6,9-10,12H,2-4,7-8,11H2,1H3. The number of benzene rings is 1. The zero-order chi connectivity index (χ0) is 13.0. The lowest BCUT2D eigenvalue weighted by molar-refractivity contribution is 0.0759. The van der Waals surface area contributed by atoms with Gasteiger partial charge in [0.25, 0.3) is 5.91 Å². The minimum absolute atomic E-state index is 0.119. The summed E-state index contributed by atoms with van der Waals surface area (Å²) in [5.74, 6) is 0.809. The van der Waals surface area contributed by atoms with E-state index in [2.05, 4.69) is 15.9 Å². The Hall–Kier alpha value is -0.830. The Kier molecular flexibility index (Phi) is 4.81. The van der Waals surface area contributed by atoms with Gasteiger partial charge in [-0.05, 0) is 46.8 Å². The van der Waals surface area contributed by atoms with Crippen molar-refractivity contribution < 1.29 is 4.79 Å². The number of halogens is 1. The van der Waals surface area contributed by atoms with Gasteiger partial charge in [-0.3, -0.25) is 4.79 Å². The smallest absolute Gasteiger partial charge is 0.254 e. The van der Waals surface area contributed by atoms with Crippen LogP contribution in [0.5, 0.6) is 0 Å². The number of rotatable bonds is 3. The summed E-state index contributed by atoms with van der Waals surface area (Å²) in [5, 5.41) is 0. The molecule has 1 aromatic rings. The SMILES string of the molecule is CN(CC1CCCCC1)C(=O)c1ccccc1Br. The maximum Gasteiger partial charge on any atom is 0.254 e. The number of hydrogen-bond donors (Lipinski definition) is 0. The summed E-state index contributed by atoms with van der Waals surface area (Å²) in [6, 6.07) is 7.64. The average Bonchev–Trinajstić information content (AvgIpc) is 2.39. The van der Waals surface area contributed by atoms with Crippen molar-refractivity contribution in [2.75, 3.05) is 13.6 Å². The topological polar surface area (TPSA) is 20.3 Å². The van der Waals surface area contributed by atoms with Crippen molar-refractivity contribution in [2.45, 2.75) is 32.1 Å². The molecule has 1 aliphatic carbocycles. The van der Waals surface area contributed by atoms with E-state index in [0.717, 1.165) is 16.6 Å². The van der Waals surface area contributed by atoms with Crippen molar-refractivity contribution in [2.24, 2.45) is 5.92 Å². The molecule has 0 saturated heterocycles. The normalized spacial score (nSPS) is 16.6. The van der Waals surface area contributed by atoms with Crippen molar-refractivity contribution >= 4 is 21.8 Å². The lowest BCUT2D eigenvalue weighted by Gasteiger charge is -2.27. The van der Waals surface area contributed by atoms with Crippen LogP contribution < -0.4 is 0 Å². The molecule has 0 bridgehead atoms. The highest BCUT2D eigenvalue weighted by Gasteiger charge is 2.20. The molecule has 3 heteroatoms. The average molecular weight is 310 g/mol. The molecule has 1 aliphatic rings. The number of carbonyl (C=O) groups is 1. The van der Waals surface area contributed by atoms with E-state index in [9.17, 15) is 4.79 Å². The Balaban J connectivity index is 1.98. The molecule has 0 spiro atoms. The second-order valence-electron chi connectivity index (χ2n) is 5.17. The van der Waals surface area contributed by atoms with Gasteiger partial charge in [-0.15, -0.1) is 0 Å². The van der Waals surface area contributed by atoms with Crippen LogP contribution in [0.1, 0.15) is 42.5 Å². The summed E-state index contributed by atoms with van der Waals surface area (Å²) in [5.41, 5.74) is 0.760. The molecule has 2 nitrogen and oxygen atoms in total. The van der Waals surface area contributed by atoms with E-state index >= 15 is 0 Å². The summed E-state index contributed by atoms with van der Waals surface area (Å²) in [6.45, 7) is 0.889. The van der Waals surface area contributed by atoms with Gasteiger partial charge in [0, 0.05) is 18.1 Å². The first kappa shape index (κ1) is 13.6. The number of hydrogen-bond acceptors (Lipinski definition) is 1. The first-order valence-electron chi connectivity index (χ1n) is 6.68. The highest BCUT2D eigenvalue weighted by Crippen LogP contribution is 2.25. The van der Waals surface area contributed by atoms with Crippen LogP contribution in [0.3, 0.4) is 0 Å². The fraction of sp³-hybridized carbons (Fsp3) is 0.533. The predicted octanol–water partition coefficient (Wildman–Crippen LogP) is 4.10. The molecule has 1 fully saturated rings. The lowest BCUT2D eigenvalue weighted by atomic mass is 9.89. The summed E-state index contributed by atoms with van der Waals surface area (Å²) in [4.78, 5) is 14.2. The van der Waals surface area contributed by atoms with Crippen LogP contribution in [0, 0.1) is 5.92 Å². The molecule has 18 heavy (non-hydrogen) atoms. The molecule has 1 amide bonds. The third kappa shape index (κ3) is 3.35. The van der Waals surface area contributed by atoms with Crippen LogP contribution in [-0.4, -0.2) is 24.4 Å². The van der Waals surface area contributed by atoms with Crippen LogP contribution in [-0.2, 0) is 0 Å². The third-order valence-electron chi connectivity index (χ3n) is 3.71. The molecule has 1 saturated carbocycles. The van der Waals surface area contributed by atoms with E-state index in [1.807, 2.05) is 36.2 Å². The van der Waals surface area contributed by atoms with Gasteiger partial charge in [0.15, 0.2) is 0 Å². The third-order valence-corrected chi connectivity index (χ3v) is 4.40. The zero-order valence-corrected chi connectivity index (χ0v) is 12.4. The molecule has 0 unspecified atom stereocenters. The van der Waals surface area contributed by atoms with E-state index in [1.165, 1.54) is 32.1 Å². The fourth-order valence-corrected chi connectivity index (χ4v) is 3.13. The molecule has 0 radical (unpaired) electrons. The fourth-order valence-electron chi connectivity index (χ4n) is 2.68. The van der Waals surface area contributed by atoms with E-state index in [1.54, 1.807) is 0 Å². The molecule has 0 heterocycles.